The monoisotopic (exact) mass is 505 g/mol. The zero-order chi connectivity index (χ0) is 24.9. The molecule has 3 aromatic rings. The Labute approximate surface area is 213 Å². The Balaban J connectivity index is 1.68. The molecule has 1 fully saturated rings. The Bertz CT molecular complexity index is 1280. The Morgan fingerprint density at radius 1 is 1.17 bits per heavy atom. The molecule has 0 radical (unpaired) electrons. The molecule has 1 unspecified atom stereocenters. The van der Waals surface area contributed by atoms with Crippen LogP contribution in [0.3, 0.4) is 0 Å². The lowest BCUT2D eigenvalue weighted by molar-refractivity contribution is -0.117. The van der Waals surface area contributed by atoms with E-state index in [9.17, 15) is 14.9 Å². The molecule has 8 heteroatoms. The van der Waals surface area contributed by atoms with Gasteiger partial charge in [-0.15, -0.1) is 0 Å². The zero-order valence-corrected chi connectivity index (χ0v) is 20.9. The van der Waals surface area contributed by atoms with Gasteiger partial charge in [-0.25, -0.2) is 0 Å². The minimum absolute atomic E-state index is 0.110. The third-order valence-corrected chi connectivity index (χ3v) is 7.18. The summed E-state index contributed by atoms with van der Waals surface area (Å²) >= 11 is 7.24. The van der Waals surface area contributed by atoms with Crippen LogP contribution in [0.25, 0.3) is 0 Å². The number of amides is 2. The van der Waals surface area contributed by atoms with Crippen molar-refractivity contribution in [2.45, 2.75) is 38.0 Å². The maximum atomic E-state index is 13.6. The lowest BCUT2D eigenvalue weighted by Gasteiger charge is -2.19. The largest absolute Gasteiger partial charge is 0.467 e. The van der Waals surface area contributed by atoms with Gasteiger partial charge in [0.25, 0.3) is 5.91 Å². The van der Waals surface area contributed by atoms with E-state index in [1.165, 1.54) is 22.9 Å². The summed E-state index contributed by atoms with van der Waals surface area (Å²) in [6.07, 6.45) is 1.96. The van der Waals surface area contributed by atoms with E-state index in [1.54, 1.807) is 24.3 Å². The SMILES string of the molecule is CC(C)c1ccc(N2C(=O)C(Cc3ccc(Cl)cc3)S/C2=C(/C#N)C(=O)NCc2ccco2)cc1. The fourth-order valence-corrected chi connectivity index (χ4v) is 5.17. The molecule has 4 rings (SSSR count). The maximum absolute atomic E-state index is 13.6. The van der Waals surface area contributed by atoms with E-state index in [2.05, 4.69) is 19.2 Å². The zero-order valence-electron chi connectivity index (χ0n) is 19.3. The lowest BCUT2D eigenvalue weighted by atomic mass is 10.0. The molecule has 178 valence electrons. The topological polar surface area (TPSA) is 86.3 Å². The van der Waals surface area contributed by atoms with Crippen LogP contribution >= 0.6 is 23.4 Å². The first-order valence-electron chi connectivity index (χ1n) is 11.2. The number of nitrogens with zero attached hydrogens (tertiary/aromatic N) is 2. The van der Waals surface area contributed by atoms with Crippen LogP contribution in [0, 0.1) is 11.3 Å². The summed E-state index contributed by atoms with van der Waals surface area (Å²) in [7, 11) is 0. The lowest BCUT2D eigenvalue weighted by Crippen LogP contribution is -2.32. The fraction of sp³-hybridized carbons (Fsp3) is 0.222. The van der Waals surface area contributed by atoms with E-state index in [0.717, 1.165) is 11.1 Å². The molecule has 6 nitrogen and oxygen atoms in total. The molecule has 0 spiro atoms. The average Bonchev–Trinajstić information content (AvgIpc) is 3.48. The molecule has 1 N–H and O–H groups in total. The molecular formula is C27H24ClN3O3S. The summed E-state index contributed by atoms with van der Waals surface area (Å²) in [6.45, 7) is 4.33. The standard InChI is InChI=1S/C27H24ClN3O3S/c1-17(2)19-7-11-21(12-8-19)31-26(33)24(14-18-5-9-20(28)10-6-18)35-27(31)23(15-29)25(32)30-16-22-4-3-13-34-22/h3-13,17,24H,14,16H2,1-2H3,(H,30,32)/b27-23-. The molecular weight excluding hydrogens is 482 g/mol. The number of nitrogens with one attached hydrogen (secondary N) is 1. The van der Waals surface area contributed by atoms with Crippen LogP contribution in [0.5, 0.6) is 0 Å². The number of nitriles is 1. The van der Waals surface area contributed by atoms with Gasteiger partial charge in [0.1, 0.15) is 22.4 Å². The highest BCUT2D eigenvalue weighted by atomic mass is 35.5. The van der Waals surface area contributed by atoms with Gasteiger partial charge in [-0.2, -0.15) is 5.26 Å². The molecule has 1 aliphatic rings. The summed E-state index contributed by atoms with van der Waals surface area (Å²) in [5.74, 6) is 0.166. The third-order valence-electron chi connectivity index (χ3n) is 5.66. The van der Waals surface area contributed by atoms with Crippen molar-refractivity contribution in [2.75, 3.05) is 4.90 Å². The number of furan rings is 1. The van der Waals surface area contributed by atoms with Gasteiger partial charge in [-0.3, -0.25) is 14.5 Å². The number of benzene rings is 2. The summed E-state index contributed by atoms with van der Waals surface area (Å²) in [4.78, 5) is 28.1. The van der Waals surface area contributed by atoms with Crippen LogP contribution in [0.4, 0.5) is 5.69 Å². The minimum atomic E-state index is -0.560. The Kier molecular flexibility index (Phi) is 7.64. The molecule has 1 atom stereocenters. The fourth-order valence-electron chi connectivity index (χ4n) is 3.73. The van der Waals surface area contributed by atoms with Gasteiger partial charge in [0.15, 0.2) is 0 Å². The Morgan fingerprint density at radius 2 is 1.89 bits per heavy atom. The van der Waals surface area contributed by atoms with E-state index >= 15 is 0 Å². The van der Waals surface area contributed by atoms with Crippen molar-refractivity contribution in [1.29, 1.82) is 5.26 Å². The number of rotatable bonds is 7. The Morgan fingerprint density at radius 3 is 2.49 bits per heavy atom. The van der Waals surface area contributed by atoms with Gasteiger partial charge in [0.2, 0.25) is 5.91 Å². The first-order chi connectivity index (χ1) is 16.9. The van der Waals surface area contributed by atoms with Gasteiger partial charge in [0, 0.05) is 10.7 Å². The second-order valence-electron chi connectivity index (χ2n) is 8.41. The van der Waals surface area contributed by atoms with Crippen molar-refractivity contribution < 1.29 is 14.0 Å². The van der Waals surface area contributed by atoms with Crippen LogP contribution < -0.4 is 10.2 Å². The van der Waals surface area contributed by atoms with Crippen LogP contribution in [0.1, 0.15) is 36.7 Å². The molecule has 0 bridgehead atoms. The Hall–Kier alpha value is -3.47. The van der Waals surface area contributed by atoms with Crippen LogP contribution in [-0.4, -0.2) is 17.1 Å². The predicted octanol–water partition coefficient (Wildman–Crippen LogP) is 5.80. The van der Waals surface area contributed by atoms with Crippen molar-refractivity contribution in [3.8, 4) is 6.07 Å². The number of hydrogen-bond acceptors (Lipinski definition) is 5. The number of anilines is 1. The van der Waals surface area contributed by atoms with Crippen molar-refractivity contribution >= 4 is 40.9 Å². The predicted molar refractivity (Wildman–Crippen MR) is 138 cm³/mol. The normalized spacial score (nSPS) is 16.9. The van der Waals surface area contributed by atoms with Gasteiger partial charge in [-0.05, 0) is 59.9 Å². The van der Waals surface area contributed by atoms with Gasteiger partial charge in [0.05, 0.1) is 18.1 Å². The van der Waals surface area contributed by atoms with Crippen LogP contribution in [0.15, 0.2) is 81.9 Å². The first-order valence-corrected chi connectivity index (χ1v) is 12.4. The molecule has 1 aliphatic heterocycles. The molecule has 2 aromatic carbocycles. The van der Waals surface area contributed by atoms with Crippen molar-refractivity contribution in [1.82, 2.24) is 5.32 Å². The van der Waals surface area contributed by atoms with E-state index in [0.29, 0.717) is 33.8 Å². The molecule has 0 saturated carbocycles. The smallest absolute Gasteiger partial charge is 0.265 e. The van der Waals surface area contributed by atoms with E-state index < -0.39 is 11.2 Å². The third kappa shape index (κ3) is 5.61. The highest BCUT2D eigenvalue weighted by Gasteiger charge is 2.40. The van der Waals surface area contributed by atoms with Gasteiger partial charge >= 0.3 is 0 Å². The minimum Gasteiger partial charge on any atom is -0.467 e. The summed E-state index contributed by atoms with van der Waals surface area (Å²) < 4.78 is 5.26. The van der Waals surface area contributed by atoms with Crippen molar-refractivity contribution in [2.24, 2.45) is 0 Å². The van der Waals surface area contributed by atoms with E-state index in [-0.39, 0.29) is 18.0 Å². The maximum Gasteiger partial charge on any atom is 0.265 e. The number of hydrogen-bond donors (Lipinski definition) is 1. The highest BCUT2D eigenvalue weighted by Crippen LogP contribution is 2.42. The molecule has 2 heterocycles. The summed E-state index contributed by atoms with van der Waals surface area (Å²) in [5, 5.41) is 13.1. The number of carbonyl (C=O) groups is 2. The van der Waals surface area contributed by atoms with Gasteiger partial charge < -0.3 is 9.73 Å². The molecule has 1 saturated heterocycles. The van der Waals surface area contributed by atoms with Crippen molar-refractivity contribution in [3.05, 3.63) is 99.4 Å². The van der Waals surface area contributed by atoms with Gasteiger partial charge in [-0.1, -0.05) is 61.5 Å². The summed E-state index contributed by atoms with van der Waals surface area (Å²) in [5.41, 5.74) is 2.58. The van der Waals surface area contributed by atoms with Crippen LogP contribution in [0.2, 0.25) is 5.02 Å². The van der Waals surface area contributed by atoms with E-state index in [1.807, 2.05) is 42.5 Å². The average molecular weight is 506 g/mol. The first kappa shape index (κ1) is 24.6. The second kappa shape index (κ2) is 10.9. The van der Waals surface area contributed by atoms with Crippen molar-refractivity contribution in [3.63, 3.8) is 0 Å². The molecule has 35 heavy (non-hydrogen) atoms. The highest BCUT2D eigenvalue weighted by molar-refractivity contribution is 8.05. The number of carbonyl (C=O) groups excluding carboxylic acids is 2. The second-order valence-corrected chi connectivity index (χ2v) is 10.0. The van der Waals surface area contributed by atoms with E-state index in [4.69, 9.17) is 16.0 Å². The molecule has 1 aromatic heterocycles. The quantitative estimate of drug-likeness (QED) is 0.324. The number of halogens is 1. The number of thioether (sulfide) groups is 1. The summed E-state index contributed by atoms with van der Waals surface area (Å²) in [6, 6.07) is 20.4. The molecule has 2 amide bonds. The van der Waals surface area contributed by atoms with Crippen LogP contribution in [-0.2, 0) is 22.6 Å². The molecule has 0 aliphatic carbocycles.